The monoisotopic (exact) mass is 484 g/mol. The normalized spacial score (nSPS) is 12.2. The van der Waals surface area contributed by atoms with Crippen molar-refractivity contribution in [1.82, 2.24) is 10.0 Å². The fourth-order valence-electron chi connectivity index (χ4n) is 3.26. The largest absolute Gasteiger partial charge is 0.468 e. The van der Waals surface area contributed by atoms with E-state index in [4.69, 9.17) is 9.15 Å². The Kier molecular flexibility index (Phi) is 7.90. The Morgan fingerprint density at radius 1 is 1.00 bits per heavy atom. The van der Waals surface area contributed by atoms with E-state index in [1.807, 2.05) is 39.0 Å². The standard InChI is InChI=1S/C25H28N2O6S/c1-16-7-9-20(12-18(16)3)19(4)27-24(28)15-33-25(29)23-13-22(10-8-17(23)2)34(30,31)26-14-21-6-5-11-32-21/h5-13,19,26H,14-15H2,1-4H3,(H,27,28)/t19-/m0/s1. The minimum Gasteiger partial charge on any atom is -0.468 e. The van der Waals surface area contributed by atoms with Crippen LogP contribution in [0.1, 0.15) is 51.3 Å². The summed E-state index contributed by atoms with van der Waals surface area (Å²) in [7, 11) is -3.89. The van der Waals surface area contributed by atoms with Crippen LogP contribution < -0.4 is 10.0 Å². The number of aryl methyl sites for hydroxylation is 3. The van der Waals surface area contributed by atoms with E-state index in [-0.39, 0.29) is 23.0 Å². The molecule has 1 atom stereocenters. The average Bonchev–Trinajstić information content (AvgIpc) is 3.32. The quantitative estimate of drug-likeness (QED) is 0.448. The van der Waals surface area contributed by atoms with Gasteiger partial charge in [0.1, 0.15) is 5.76 Å². The Morgan fingerprint density at radius 2 is 1.74 bits per heavy atom. The van der Waals surface area contributed by atoms with E-state index in [9.17, 15) is 18.0 Å². The minimum absolute atomic E-state index is 0.0259. The lowest BCUT2D eigenvalue weighted by molar-refractivity contribution is -0.124. The number of nitrogens with one attached hydrogen (secondary N) is 2. The first-order chi connectivity index (χ1) is 16.1. The Bertz CT molecular complexity index is 1280. The van der Waals surface area contributed by atoms with Crippen LogP contribution in [-0.4, -0.2) is 26.9 Å². The molecular formula is C25H28N2O6S. The zero-order chi connectivity index (χ0) is 24.9. The first-order valence-corrected chi connectivity index (χ1v) is 12.2. The molecule has 0 saturated carbocycles. The number of sulfonamides is 1. The van der Waals surface area contributed by atoms with Crippen molar-refractivity contribution in [2.75, 3.05) is 6.61 Å². The highest BCUT2D eigenvalue weighted by Crippen LogP contribution is 2.18. The second-order valence-corrected chi connectivity index (χ2v) is 9.86. The molecule has 3 rings (SSSR count). The van der Waals surface area contributed by atoms with Gasteiger partial charge in [-0.1, -0.05) is 24.3 Å². The summed E-state index contributed by atoms with van der Waals surface area (Å²) in [5.74, 6) is -0.786. The molecule has 2 aromatic carbocycles. The van der Waals surface area contributed by atoms with Gasteiger partial charge in [-0.25, -0.2) is 17.9 Å². The number of hydrogen-bond acceptors (Lipinski definition) is 6. The van der Waals surface area contributed by atoms with Gasteiger partial charge in [0.2, 0.25) is 10.0 Å². The number of rotatable bonds is 9. The number of amides is 1. The molecule has 1 amide bonds. The summed E-state index contributed by atoms with van der Waals surface area (Å²) in [5.41, 5.74) is 3.81. The van der Waals surface area contributed by atoms with Gasteiger partial charge in [0.15, 0.2) is 6.61 Å². The summed E-state index contributed by atoms with van der Waals surface area (Å²) in [6, 6.07) is 13.1. The third-order valence-electron chi connectivity index (χ3n) is 5.50. The van der Waals surface area contributed by atoms with Gasteiger partial charge in [0, 0.05) is 0 Å². The predicted molar refractivity (Wildman–Crippen MR) is 127 cm³/mol. The summed E-state index contributed by atoms with van der Waals surface area (Å²) >= 11 is 0. The highest BCUT2D eigenvalue weighted by Gasteiger charge is 2.20. The van der Waals surface area contributed by atoms with Gasteiger partial charge in [-0.15, -0.1) is 0 Å². The Balaban J connectivity index is 1.61. The second-order valence-electron chi connectivity index (χ2n) is 8.09. The van der Waals surface area contributed by atoms with Gasteiger partial charge >= 0.3 is 5.97 Å². The highest BCUT2D eigenvalue weighted by molar-refractivity contribution is 7.89. The van der Waals surface area contributed by atoms with Crippen LogP contribution >= 0.6 is 0 Å². The number of carbonyl (C=O) groups excluding carboxylic acids is 2. The maximum Gasteiger partial charge on any atom is 0.338 e. The van der Waals surface area contributed by atoms with Crippen LogP contribution in [0.3, 0.4) is 0 Å². The summed E-state index contributed by atoms with van der Waals surface area (Å²) in [5, 5.41) is 2.80. The molecule has 8 nitrogen and oxygen atoms in total. The topological polar surface area (TPSA) is 115 Å². The van der Waals surface area contributed by atoms with Gasteiger partial charge < -0.3 is 14.5 Å². The van der Waals surface area contributed by atoms with Crippen molar-refractivity contribution in [2.24, 2.45) is 0 Å². The number of benzene rings is 2. The van der Waals surface area contributed by atoms with E-state index in [0.717, 1.165) is 16.7 Å². The maximum absolute atomic E-state index is 12.6. The molecular weight excluding hydrogens is 456 g/mol. The average molecular weight is 485 g/mol. The summed E-state index contributed by atoms with van der Waals surface area (Å²) < 4.78 is 37.9. The summed E-state index contributed by atoms with van der Waals surface area (Å²) in [6.07, 6.45) is 1.45. The van der Waals surface area contributed by atoms with Crippen molar-refractivity contribution >= 4 is 21.9 Å². The van der Waals surface area contributed by atoms with Gasteiger partial charge in [0.25, 0.3) is 5.91 Å². The first-order valence-electron chi connectivity index (χ1n) is 10.7. The van der Waals surface area contributed by atoms with Crippen LogP contribution in [0.15, 0.2) is 64.1 Å². The van der Waals surface area contributed by atoms with Gasteiger partial charge in [-0.3, -0.25) is 4.79 Å². The SMILES string of the molecule is Cc1ccc([C@H](C)NC(=O)COC(=O)c2cc(S(=O)(=O)NCc3ccco3)ccc2C)cc1C. The number of esters is 1. The predicted octanol–water partition coefficient (Wildman–Crippen LogP) is 3.72. The van der Waals surface area contributed by atoms with Gasteiger partial charge in [0.05, 0.1) is 29.3 Å². The third-order valence-corrected chi connectivity index (χ3v) is 6.90. The Labute approximate surface area is 199 Å². The lowest BCUT2D eigenvalue weighted by atomic mass is 10.0. The molecule has 0 radical (unpaired) electrons. The fraction of sp³-hybridized carbons (Fsp3) is 0.280. The zero-order valence-electron chi connectivity index (χ0n) is 19.5. The van der Waals surface area contributed by atoms with E-state index in [1.165, 1.54) is 24.5 Å². The van der Waals surface area contributed by atoms with Gasteiger partial charge in [-0.2, -0.15) is 0 Å². The molecule has 0 fully saturated rings. The minimum atomic E-state index is -3.89. The molecule has 180 valence electrons. The van der Waals surface area contributed by atoms with Crippen molar-refractivity contribution in [3.05, 3.63) is 88.4 Å². The van der Waals surface area contributed by atoms with E-state index < -0.39 is 28.5 Å². The van der Waals surface area contributed by atoms with E-state index in [1.54, 1.807) is 19.1 Å². The molecule has 0 aliphatic heterocycles. The highest BCUT2D eigenvalue weighted by atomic mass is 32.2. The third kappa shape index (κ3) is 6.33. The van der Waals surface area contributed by atoms with Gasteiger partial charge in [-0.05, 0) is 74.2 Å². The first kappa shape index (κ1) is 25.2. The lowest BCUT2D eigenvalue weighted by Crippen LogP contribution is -2.31. The van der Waals surface area contributed by atoms with Crippen LogP contribution in [0.2, 0.25) is 0 Å². The van der Waals surface area contributed by atoms with Crippen LogP contribution in [0.25, 0.3) is 0 Å². The zero-order valence-corrected chi connectivity index (χ0v) is 20.4. The molecule has 0 unspecified atom stereocenters. The van der Waals surface area contributed by atoms with E-state index >= 15 is 0 Å². The number of furan rings is 1. The molecule has 0 aliphatic carbocycles. The summed E-state index contributed by atoms with van der Waals surface area (Å²) in [4.78, 5) is 24.8. The molecule has 0 spiro atoms. The van der Waals surface area contributed by atoms with Crippen LogP contribution in [0.5, 0.6) is 0 Å². The Hall–Kier alpha value is -3.43. The molecule has 34 heavy (non-hydrogen) atoms. The van der Waals surface area contributed by atoms with Crippen molar-refractivity contribution in [1.29, 1.82) is 0 Å². The second kappa shape index (κ2) is 10.7. The van der Waals surface area contributed by atoms with Crippen molar-refractivity contribution in [3.63, 3.8) is 0 Å². The molecule has 0 aliphatic rings. The van der Waals surface area contributed by atoms with Crippen LogP contribution in [0.4, 0.5) is 0 Å². The van der Waals surface area contributed by atoms with Crippen molar-refractivity contribution in [3.8, 4) is 0 Å². The van der Waals surface area contributed by atoms with E-state index in [2.05, 4.69) is 10.0 Å². The smallest absolute Gasteiger partial charge is 0.338 e. The van der Waals surface area contributed by atoms with E-state index in [0.29, 0.717) is 11.3 Å². The molecule has 1 aromatic heterocycles. The molecule has 1 heterocycles. The molecule has 3 aromatic rings. The van der Waals surface area contributed by atoms with Crippen LogP contribution in [0, 0.1) is 20.8 Å². The molecule has 0 bridgehead atoms. The maximum atomic E-state index is 12.6. The van der Waals surface area contributed by atoms with Crippen LogP contribution in [-0.2, 0) is 26.1 Å². The molecule has 0 saturated heterocycles. The Morgan fingerprint density at radius 3 is 2.41 bits per heavy atom. The van der Waals surface area contributed by atoms with Crippen molar-refractivity contribution in [2.45, 2.75) is 45.2 Å². The lowest BCUT2D eigenvalue weighted by Gasteiger charge is -2.16. The van der Waals surface area contributed by atoms with Crippen molar-refractivity contribution < 1.29 is 27.2 Å². The number of ether oxygens (including phenoxy) is 1. The fourth-order valence-corrected chi connectivity index (χ4v) is 4.28. The molecule has 9 heteroatoms. The number of hydrogen-bond donors (Lipinski definition) is 2. The summed E-state index contributed by atoms with van der Waals surface area (Å²) in [6.45, 7) is 7.00. The molecule has 2 N–H and O–H groups in total. The number of carbonyl (C=O) groups is 2.